The van der Waals surface area contributed by atoms with Gasteiger partial charge < -0.3 is 4.90 Å². The maximum absolute atomic E-state index is 2.41. The van der Waals surface area contributed by atoms with Gasteiger partial charge >= 0.3 is 0 Å². The van der Waals surface area contributed by atoms with E-state index < -0.39 is 0 Å². The molecule has 0 aliphatic heterocycles. The molecule has 226 valence electrons. The number of nitrogens with zero attached hydrogens (tertiary/aromatic N) is 1. The van der Waals surface area contributed by atoms with E-state index in [-0.39, 0.29) is 0 Å². The molecule has 1 heterocycles. The number of anilines is 3. The average Bonchev–Trinajstić information content (AvgIpc) is 3.56. The van der Waals surface area contributed by atoms with Gasteiger partial charge in [0.1, 0.15) is 0 Å². The van der Waals surface area contributed by atoms with Crippen LogP contribution in [0.4, 0.5) is 17.1 Å². The van der Waals surface area contributed by atoms with Gasteiger partial charge in [-0.25, -0.2) is 0 Å². The summed E-state index contributed by atoms with van der Waals surface area (Å²) >= 11 is 1.87. The van der Waals surface area contributed by atoms with Crippen LogP contribution < -0.4 is 4.90 Å². The van der Waals surface area contributed by atoms with Crippen molar-refractivity contribution in [3.63, 3.8) is 0 Å². The standard InChI is InChI=1S/C46H31NS/c1-4-12-32(13-5-1)33-20-24-37(25-21-33)47(38-26-22-36-23-29-45-46(43(36)31-38)41-18-10-11-19-44(41)48-45)39-27-28-40(34-14-6-2-7-15-34)42(30-39)35-16-8-3-9-17-35/h1-31H. The molecule has 0 spiro atoms. The first kappa shape index (κ1) is 28.3. The molecule has 0 bridgehead atoms. The number of rotatable bonds is 6. The molecule has 0 amide bonds. The molecule has 0 radical (unpaired) electrons. The van der Waals surface area contributed by atoms with Gasteiger partial charge in [0, 0.05) is 37.2 Å². The minimum absolute atomic E-state index is 1.11. The van der Waals surface area contributed by atoms with Gasteiger partial charge in [0.25, 0.3) is 0 Å². The van der Waals surface area contributed by atoms with Crippen LogP contribution in [0.25, 0.3) is 64.3 Å². The summed E-state index contributed by atoms with van der Waals surface area (Å²) in [4.78, 5) is 2.41. The Labute approximate surface area is 284 Å². The highest BCUT2D eigenvalue weighted by molar-refractivity contribution is 7.26. The highest BCUT2D eigenvalue weighted by atomic mass is 32.1. The van der Waals surface area contributed by atoms with E-state index in [1.165, 1.54) is 64.3 Å². The van der Waals surface area contributed by atoms with E-state index in [0.717, 1.165) is 17.1 Å². The summed E-state index contributed by atoms with van der Waals surface area (Å²) < 4.78 is 2.64. The minimum Gasteiger partial charge on any atom is -0.310 e. The third-order valence-corrected chi connectivity index (χ3v) is 10.4. The summed E-state index contributed by atoms with van der Waals surface area (Å²) in [6.45, 7) is 0. The summed E-state index contributed by atoms with van der Waals surface area (Å²) in [5, 5.41) is 5.17. The predicted molar refractivity (Wildman–Crippen MR) is 208 cm³/mol. The van der Waals surface area contributed by atoms with E-state index in [2.05, 4.69) is 193 Å². The van der Waals surface area contributed by atoms with Gasteiger partial charge in [-0.15, -0.1) is 11.3 Å². The summed E-state index contributed by atoms with van der Waals surface area (Å²) in [6.07, 6.45) is 0. The molecule has 1 aromatic heterocycles. The van der Waals surface area contributed by atoms with Crippen LogP contribution in [-0.4, -0.2) is 0 Å². The molecule has 0 aliphatic rings. The quantitative estimate of drug-likeness (QED) is 0.177. The van der Waals surface area contributed by atoms with Gasteiger partial charge in [0.2, 0.25) is 0 Å². The number of hydrogen-bond acceptors (Lipinski definition) is 2. The first-order valence-electron chi connectivity index (χ1n) is 16.3. The normalized spacial score (nSPS) is 11.3. The van der Waals surface area contributed by atoms with Gasteiger partial charge in [-0.2, -0.15) is 0 Å². The Morgan fingerprint density at radius 1 is 0.333 bits per heavy atom. The molecule has 0 aliphatic carbocycles. The molecule has 2 heteroatoms. The van der Waals surface area contributed by atoms with E-state index >= 15 is 0 Å². The Kier molecular flexibility index (Phi) is 7.07. The van der Waals surface area contributed by atoms with Gasteiger partial charge in [0.05, 0.1) is 0 Å². The molecule has 0 atom stereocenters. The Morgan fingerprint density at radius 3 is 1.60 bits per heavy atom. The van der Waals surface area contributed by atoms with Crippen molar-refractivity contribution in [3.8, 4) is 33.4 Å². The van der Waals surface area contributed by atoms with Crippen molar-refractivity contribution in [3.05, 3.63) is 188 Å². The van der Waals surface area contributed by atoms with E-state index in [4.69, 9.17) is 0 Å². The molecule has 8 aromatic carbocycles. The third-order valence-electron chi connectivity index (χ3n) is 9.26. The second-order valence-electron chi connectivity index (χ2n) is 12.2. The maximum Gasteiger partial charge on any atom is 0.0468 e. The predicted octanol–water partition coefficient (Wildman–Crippen LogP) is 13.7. The average molecular weight is 630 g/mol. The van der Waals surface area contributed by atoms with E-state index in [0.29, 0.717) is 0 Å². The van der Waals surface area contributed by atoms with Crippen molar-refractivity contribution in [1.82, 2.24) is 0 Å². The second-order valence-corrected chi connectivity index (χ2v) is 13.2. The first-order chi connectivity index (χ1) is 23.8. The number of thiophene rings is 1. The molecule has 0 fully saturated rings. The minimum atomic E-state index is 1.11. The van der Waals surface area contributed by atoms with Crippen LogP contribution in [0.3, 0.4) is 0 Å². The summed E-state index contributed by atoms with van der Waals surface area (Å²) in [5.74, 6) is 0. The van der Waals surface area contributed by atoms with Crippen molar-refractivity contribution in [2.75, 3.05) is 4.90 Å². The van der Waals surface area contributed by atoms with Crippen LogP contribution in [0.5, 0.6) is 0 Å². The Bertz CT molecular complexity index is 2530. The number of fused-ring (bicyclic) bond motifs is 5. The Balaban J connectivity index is 1.27. The molecule has 1 nitrogen and oxygen atoms in total. The lowest BCUT2D eigenvalue weighted by Gasteiger charge is -2.27. The lowest BCUT2D eigenvalue weighted by Crippen LogP contribution is -2.10. The zero-order chi connectivity index (χ0) is 31.9. The second kappa shape index (κ2) is 12.0. The molecule has 0 saturated heterocycles. The molecule has 9 aromatic rings. The molecular formula is C46H31NS. The zero-order valence-corrected chi connectivity index (χ0v) is 27.1. The maximum atomic E-state index is 2.41. The zero-order valence-electron chi connectivity index (χ0n) is 26.3. The number of hydrogen-bond donors (Lipinski definition) is 0. The van der Waals surface area contributed by atoms with E-state index in [9.17, 15) is 0 Å². The molecule has 0 N–H and O–H groups in total. The van der Waals surface area contributed by atoms with Gasteiger partial charge in [-0.1, -0.05) is 140 Å². The fourth-order valence-corrected chi connectivity index (χ4v) is 8.07. The lowest BCUT2D eigenvalue weighted by molar-refractivity contribution is 1.29. The van der Waals surface area contributed by atoms with Gasteiger partial charge in [0.15, 0.2) is 0 Å². The fourth-order valence-electron chi connectivity index (χ4n) is 6.95. The van der Waals surface area contributed by atoms with Crippen LogP contribution in [0.15, 0.2) is 188 Å². The summed E-state index contributed by atoms with van der Waals surface area (Å²) in [6, 6.07) is 68.1. The van der Waals surface area contributed by atoms with E-state index in [1.54, 1.807) is 0 Å². The van der Waals surface area contributed by atoms with Crippen molar-refractivity contribution < 1.29 is 0 Å². The fraction of sp³-hybridized carbons (Fsp3) is 0. The highest BCUT2D eigenvalue weighted by Gasteiger charge is 2.18. The highest BCUT2D eigenvalue weighted by Crippen LogP contribution is 2.44. The smallest absolute Gasteiger partial charge is 0.0468 e. The molecule has 0 saturated carbocycles. The Morgan fingerprint density at radius 2 is 0.875 bits per heavy atom. The number of benzene rings is 8. The molecule has 9 rings (SSSR count). The van der Waals surface area contributed by atoms with Crippen molar-refractivity contribution in [2.24, 2.45) is 0 Å². The van der Waals surface area contributed by atoms with Crippen LogP contribution in [-0.2, 0) is 0 Å². The van der Waals surface area contributed by atoms with Gasteiger partial charge in [-0.05, 0) is 92.7 Å². The summed E-state index contributed by atoms with van der Waals surface area (Å²) in [7, 11) is 0. The van der Waals surface area contributed by atoms with E-state index in [1.807, 2.05) is 11.3 Å². The van der Waals surface area contributed by atoms with Crippen LogP contribution in [0.2, 0.25) is 0 Å². The first-order valence-corrected chi connectivity index (χ1v) is 17.2. The van der Waals surface area contributed by atoms with Crippen LogP contribution >= 0.6 is 11.3 Å². The van der Waals surface area contributed by atoms with Crippen molar-refractivity contribution in [1.29, 1.82) is 0 Å². The largest absolute Gasteiger partial charge is 0.310 e. The van der Waals surface area contributed by atoms with Crippen LogP contribution in [0.1, 0.15) is 0 Å². The lowest BCUT2D eigenvalue weighted by atomic mass is 9.93. The molecular weight excluding hydrogens is 599 g/mol. The monoisotopic (exact) mass is 629 g/mol. The Hall–Kier alpha value is -5.96. The van der Waals surface area contributed by atoms with Crippen molar-refractivity contribution in [2.45, 2.75) is 0 Å². The molecule has 48 heavy (non-hydrogen) atoms. The SMILES string of the molecule is c1ccc(-c2ccc(N(c3ccc(-c4ccccc4)c(-c4ccccc4)c3)c3ccc4ccc5sc6ccccc6c5c4c3)cc2)cc1. The third kappa shape index (κ3) is 5.04. The van der Waals surface area contributed by atoms with Gasteiger partial charge in [-0.3, -0.25) is 0 Å². The summed E-state index contributed by atoms with van der Waals surface area (Å²) in [5.41, 5.74) is 10.6. The van der Waals surface area contributed by atoms with Crippen LogP contribution in [0, 0.1) is 0 Å². The molecule has 0 unspecified atom stereocenters. The topological polar surface area (TPSA) is 3.24 Å². The van der Waals surface area contributed by atoms with Crippen molar-refractivity contribution >= 4 is 59.3 Å².